The number of carbonyl (C=O) groups excluding carboxylic acids is 1. The topological polar surface area (TPSA) is 49.8 Å². The Morgan fingerprint density at radius 1 is 1.26 bits per heavy atom. The SMILES string of the molecule is O=C(OCc1ccccc1)N1C[C@H]2C[C@H]2C[C@H]1CO. The first kappa shape index (κ1) is 12.5. The summed E-state index contributed by atoms with van der Waals surface area (Å²) in [7, 11) is 0. The minimum absolute atomic E-state index is 0.0314. The quantitative estimate of drug-likeness (QED) is 0.905. The third-order valence-corrected chi connectivity index (χ3v) is 4.17. The van der Waals surface area contributed by atoms with E-state index in [4.69, 9.17) is 4.74 Å². The van der Waals surface area contributed by atoms with Gasteiger partial charge in [0.2, 0.25) is 0 Å². The van der Waals surface area contributed by atoms with Crippen molar-refractivity contribution in [3.63, 3.8) is 0 Å². The highest BCUT2D eigenvalue weighted by Gasteiger charge is 2.47. The Kier molecular flexibility index (Phi) is 3.42. The molecule has 0 radical (unpaired) electrons. The molecule has 3 atom stereocenters. The van der Waals surface area contributed by atoms with Crippen LogP contribution in [0, 0.1) is 11.8 Å². The van der Waals surface area contributed by atoms with Crippen LogP contribution in [0.25, 0.3) is 0 Å². The molecule has 0 bridgehead atoms. The fourth-order valence-corrected chi connectivity index (χ4v) is 2.90. The highest BCUT2D eigenvalue weighted by Crippen LogP contribution is 2.47. The van der Waals surface area contributed by atoms with E-state index in [0.29, 0.717) is 12.5 Å². The van der Waals surface area contributed by atoms with Gasteiger partial charge >= 0.3 is 6.09 Å². The van der Waals surface area contributed by atoms with Crippen molar-refractivity contribution in [3.8, 4) is 0 Å². The third-order valence-electron chi connectivity index (χ3n) is 4.17. The number of fused-ring (bicyclic) bond motifs is 1. The van der Waals surface area contributed by atoms with Crippen molar-refractivity contribution >= 4 is 6.09 Å². The van der Waals surface area contributed by atoms with Crippen molar-refractivity contribution in [1.82, 2.24) is 4.90 Å². The van der Waals surface area contributed by atoms with E-state index in [0.717, 1.165) is 24.4 Å². The second-order valence-corrected chi connectivity index (χ2v) is 5.52. The van der Waals surface area contributed by atoms with Gasteiger partial charge in [-0.2, -0.15) is 0 Å². The van der Waals surface area contributed by atoms with Crippen LogP contribution in [0.15, 0.2) is 30.3 Å². The largest absolute Gasteiger partial charge is 0.445 e. The van der Waals surface area contributed by atoms with E-state index in [1.165, 1.54) is 6.42 Å². The van der Waals surface area contributed by atoms with Crippen LogP contribution in [0.1, 0.15) is 18.4 Å². The monoisotopic (exact) mass is 261 g/mol. The lowest BCUT2D eigenvalue weighted by Gasteiger charge is -2.33. The van der Waals surface area contributed by atoms with Crippen LogP contribution in [-0.4, -0.2) is 35.3 Å². The molecule has 4 heteroatoms. The van der Waals surface area contributed by atoms with Crippen LogP contribution in [0.3, 0.4) is 0 Å². The second-order valence-electron chi connectivity index (χ2n) is 5.52. The smallest absolute Gasteiger partial charge is 0.410 e. The van der Waals surface area contributed by atoms with E-state index in [1.54, 1.807) is 4.90 Å². The summed E-state index contributed by atoms with van der Waals surface area (Å²) in [6, 6.07) is 9.59. The molecule has 0 spiro atoms. The molecule has 3 rings (SSSR count). The van der Waals surface area contributed by atoms with Crippen LogP contribution in [0.5, 0.6) is 0 Å². The number of amides is 1. The molecule has 19 heavy (non-hydrogen) atoms. The van der Waals surface area contributed by atoms with Gasteiger partial charge in [0, 0.05) is 6.54 Å². The first-order valence-corrected chi connectivity index (χ1v) is 6.86. The Labute approximate surface area is 113 Å². The standard InChI is InChI=1S/C15H19NO3/c17-9-14-7-12-6-13(12)8-16(14)15(18)19-10-11-4-2-1-3-5-11/h1-5,12-14,17H,6-10H2/t12-,13+,14-/m0/s1. The molecule has 102 valence electrons. The summed E-state index contributed by atoms with van der Waals surface area (Å²) in [4.78, 5) is 13.8. The summed E-state index contributed by atoms with van der Waals surface area (Å²) in [6.45, 7) is 1.07. The Morgan fingerprint density at radius 2 is 2.05 bits per heavy atom. The molecule has 4 nitrogen and oxygen atoms in total. The van der Waals surface area contributed by atoms with E-state index in [1.807, 2.05) is 30.3 Å². The zero-order valence-electron chi connectivity index (χ0n) is 10.9. The van der Waals surface area contributed by atoms with Crippen LogP contribution in [0.4, 0.5) is 4.79 Å². The van der Waals surface area contributed by atoms with Crippen molar-refractivity contribution in [2.75, 3.05) is 13.2 Å². The van der Waals surface area contributed by atoms with E-state index in [2.05, 4.69) is 0 Å². The van der Waals surface area contributed by atoms with Crippen molar-refractivity contribution in [3.05, 3.63) is 35.9 Å². The number of piperidine rings is 1. The highest BCUT2D eigenvalue weighted by atomic mass is 16.6. The predicted octanol–water partition coefficient (Wildman–Crippen LogP) is 2.03. The Morgan fingerprint density at radius 3 is 2.79 bits per heavy atom. The van der Waals surface area contributed by atoms with Crippen LogP contribution in [-0.2, 0) is 11.3 Å². The van der Waals surface area contributed by atoms with Gasteiger partial charge in [-0.25, -0.2) is 4.79 Å². The fraction of sp³-hybridized carbons (Fsp3) is 0.533. The molecule has 1 aromatic carbocycles. The fourth-order valence-electron chi connectivity index (χ4n) is 2.90. The number of nitrogens with zero attached hydrogens (tertiary/aromatic N) is 1. The van der Waals surface area contributed by atoms with Gasteiger partial charge in [0.15, 0.2) is 0 Å². The van der Waals surface area contributed by atoms with Crippen molar-refractivity contribution in [2.24, 2.45) is 11.8 Å². The maximum absolute atomic E-state index is 12.1. The number of hydrogen-bond donors (Lipinski definition) is 1. The minimum atomic E-state index is -0.298. The van der Waals surface area contributed by atoms with Gasteiger partial charge in [-0.15, -0.1) is 0 Å². The number of likely N-dealkylation sites (tertiary alicyclic amines) is 1. The Hall–Kier alpha value is -1.55. The van der Waals surface area contributed by atoms with Crippen molar-refractivity contribution in [1.29, 1.82) is 0 Å². The van der Waals surface area contributed by atoms with E-state index in [9.17, 15) is 9.90 Å². The molecule has 1 aromatic rings. The second kappa shape index (κ2) is 5.21. The van der Waals surface area contributed by atoms with E-state index in [-0.39, 0.29) is 18.7 Å². The Bertz CT molecular complexity index is 448. The lowest BCUT2D eigenvalue weighted by molar-refractivity contribution is 0.0475. The van der Waals surface area contributed by atoms with Gasteiger partial charge in [-0.05, 0) is 30.2 Å². The number of aliphatic hydroxyl groups excluding tert-OH is 1. The zero-order valence-corrected chi connectivity index (χ0v) is 10.9. The first-order valence-electron chi connectivity index (χ1n) is 6.86. The molecular formula is C15H19NO3. The highest BCUT2D eigenvalue weighted by molar-refractivity contribution is 5.68. The summed E-state index contributed by atoms with van der Waals surface area (Å²) in [5.41, 5.74) is 0.984. The summed E-state index contributed by atoms with van der Waals surface area (Å²) < 4.78 is 5.34. The molecule has 2 fully saturated rings. The molecule has 1 N–H and O–H groups in total. The molecule has 1 heterocycles. The average molecular weight is 261 g/mol. The summed E-state index contributed by atoms with van der Waals surface area (Å²) in [6.07, 6.45) is 1.81. The maximum Gasteiger partial charge on any atom is 0.410 e. The predicted molar refractivity (Wildman–Crippen MR) is 70.4 cm³/mol. The molecule has 1 saturated heterocycles. The molecule has 1 aliphatic heterocycles. The van der Waals surface area contributed by atoms with Gasteiger partial charge < -0.3 is 14.7 Å². The molecular weight excluding hydrogens is 242 g/mol. The number of ether oxygens (including phenoxy) is 1. The van der Waals surface area contributed by atoms with Crippen molar-refractivity contribution in [2.45, 2.75) is 25.5 Å². The van der Waals surface area contributed by atoms with Gasteiger partial charge in [0.25, 0.3) is 0 Å². The lowest BCUT2D eigenvalue weighted by Crippen LogP contribution is -2.46. The lowest BCUT2D eigenvalue weighted by atomic mass is 10.0. The number of carbonyl (C=O) groups is 1. The van der Waals surface area contributed by atoms with Crippen LogP contribution in [0.2, 0.25) is 0 Å². The van der Waals surface area contributed by atoms with Gasteiger partial charge in [0.05, 0.1) is 12.6 Å². The number of benzene rings is 1. The van der Waals surface area contributed by atoms with E-state index < -0.39 is 0 Å². The van der Waals surface area contributed by atoms with Crippen molar-refractivity contribution < 1.29 is 14.6 Å². The van der Waals surface area contributed by atoms with E-state index >= 15 is 0 Å². The minimum Gasteiger partial charge on any atom is -0.445 e. The molecule has 2 aliphatic rings. The Balaban J connectivity index is 1.57. The number of rotatable bonds is 3. The molecule has 0 unspecified atom stereocenters. The number of aliphatic hydroxyl groups is 1. The van der Waals surface area contributed by atoms with Crippen LogP contribution >= 0.6 is 0 Å². The first-order chi connectivity index (χ1) is 9.28. The third kappa shape index (κ3) is 2.73. The van der Waals surface area contributed by atoms with Gasteiger partial charge in [0.1, 0.15) is 6.61 Å². The molecule has 0 aromatic heterocycles. The average Bonchev–Trinajstić information content (AvgIpc) is 3.22. The molecule has 1 saturated carbocycles. The summed E-state index contributed by atoms with van der Waals surface area (Å²) in [5, 5.41) is 9.38. The van der Waals surface area contributed by atoms with Gasteiger partial charge in [-0.1, -0.05) is 30.3 Å². The maximum atomic E-state index is 12.1. The van der Waals surface area contributed by atoms with Gasteiger partial charge in [-0.3, -0.25) is 0 Å². The summed E-state index contributed by atoms with van der Waals surface area (Å²) in [5.74, 6) is 1.35. The number of hydrogen-bond acceptors (Lipinski definition) is 3. The normalized spacial score (nSPS) is 28.7. The molecule has 1 amide bonds. The molecule has 1 aliphatic carbocycles. The zero-order chi connectivity index (χ0) is 13.2. The van der Waals surface area contributed by atoms with Crippen LogP contribution < -0.4 is 0 Å². The summed E-state index contributed by atoms with van der Waals surface area (Å²) >= 11 is 0.